The summed E-state index contributed by atoms with van der Waals surface area (Å²) in [5, 5.41) is 0.168. The van der Waals surface area contributed by atoms with Crippen molar-refractivity contribution < 1.29 is 14.3 Å². The number of carbonyl (C=O) groups excluding carboxylic acids is 1. The van der Waals surface area contributed by atoms with Crippen molar-refractivity contribution in [3.63, 3.8) is 0 Å². The second-order valence-corrected chi connectivity index (χ2v) is 4.76. The molecule has 0 N–H and O–H groups in total. The number of carbonyl (C=O) groups is 1. The van der Waals surface area contributed by atoms with E-state index in [0.717, 1.165) is 14.9 Å². The molecule has 0 fully saturated rings. The molecule has 1 heterocycles. The highest BCUT2D eigenvalue weighted by atomic mass is 127. The molecule has 1 unspecified atom stereocenters. The van der Waals surface area contributed by atoms with Crippen molar-refractivity contribution in [2.24, 2.45) is 0 Å². The topological polar surface area (TPSA) is 35.5 Å². The van der Waals surface area contributed by atoms with Gasteiger partial charge in [-0.2, -0.15) is 0 Å². The number of cyclic esters (lactones) is 1. The van der Waals surface area contributed by atoms with E-state index in [9.17, 15) is 4.79 Å². The lowest BCUT2D eigenvalue weighted by Crippen LogP contribution is -2.01. The summed E-state index contributed by atoms with van der Waals surface area (Å²) >= 11 is 7.82. The largest absolute Gasteiger partial charge is 0.497 e. The highest BCUT2D eigenvalue weighted by Gasteiger charge is 2.32. The number of halogens is 2. The molecule has 0 aromatic heterocycles. The van der Waals surface area contributed by atoms with Crippen molar-refractivity contribution in [3.05, 3.63) is 38.4 Å². The van der Waals surface area contributed by atoms with Crippen LogP contribution in [0.2, 0.25) is 0 Å². The van der Waals surface area contributed by atoms with Gasteiger partial charge in [0.05, 0.1) is 10.7 Å². The van der Waals surface area contributed by atoms with Gasteiger partial charge in [0.2, 0.25) is 0 Å². The zero-order chi connectivity index (χ0) is 11.7. The van der Waals surface area contributed by atoms with Crippen LogP contribution < -0.4 is 4.74 Å². The van der Waals surface area contributed by atoms with E-state index in [4.69, 9.17) is 21.1 Å². The Hall–Kier alpha value is -0.750. The predicted octanol–water partition coefficient (Wildman–Crippen LogP) is 3.18. The minimum absolute atomic E-state index is 0.168. The number of hydrogen-bond donors (Lipinski definition) is 0. The maximum Gasteiger partial charge on any atom is 0.351 e. The Labute approximate surface area is 112 Å². The number of hydrogen-bond acceptors (Lipinski definition) is 3. The fraction of sp³-hybridized carbons (Fsp3) is 0.182. The molecule has 1 aromatic rings. The van der Waals surface area contributed by atoms with Gasteiger partial charge in [-0.25, -0.2) is 4.79 Å². The molecular weight excluding hydrogens is 342 g/mol. The zero-order valence-electron chi connectivity index (χ0n) is 8.37. The minimum Gasteiger partial charge on any atom is -0.497 e. The summed E-state index contributed by atoms with van der Waals surface area (Å²) in [7, 11) is 1.60. The van der Waals surface area contributed by atoms with Gasteiger partial charge in [-0.15, -0.1) is 0 Å². The van der Waals surface area contributed by atoms with Crippen LogP contribution in [0.1, 0.15) is 11.7 Å². The third-order valence-corrected chi connectivity index (χ3v) is 4.04. The van der Waals surface area contributed by atoms with E-state index in [2.05, 4.69) is 0 Å². The number of methoxy groups -OCH3 is 1. The molecule has 2 rings (SSSR count). The Balaban J connectivity index is 2.29. The lowest BCUT2D eigenvalue weighted by Gasteiger charge is -2.11. The van der Waals surface area contributed by atoms with Gasteiger partial charge < -0.3 is 9.47 Å². The van der Waals surface area contributed by atoms with Crippen molar-refractivity contribution in [1.82, 2.24) is 0 Å². The number of rotatable bonds is 2. The number of benzene rings is 1. The van der Waals surface area contributed by atoms with E-state index >= 15 is 0 Å². The van der Waals surface area contributed by atoms with Gasteiger partial charge in [0.25, 0.3) is 0 Å². The molecule has 0 bridgehead atoms. The Bertz CT molecular complexity index is 453. The fourth-order valence-electron chi connectivity index (χ4n) is 1.42. The first-order valence-electron chi connectivity index (χ1n) is 4.53. The smallest absolute Gasteiger partial charge is 0.351 e. The Kier molecular flexibility index (Phi) is 3.39. The maximum absolute atomic E-state index is 11.2. The zero-order valence-corrected chi connectivity index (χ0v) is 11.3. The Morgan fingerprint density at radius 2 is 2.00 bits per heavy atom. The van der Waals surface area contributed by atoms with Crippen molar-refractivity contribution in [3.8, 4) is 5.75 Å². The molecular formula is C11H8ClIO3. The van der Waals surface area contributed by atoms with Crippen LogP contribution >= 0.6 is 34.2 Å². The van der Waals surface area contributed by atoms with E-state index in [1.807, 2.05) is 46.9 Å². The van der Waals surface area contributed by atoms with Crippen molar-refractivity contribution in [2.75, 3.05) is 7.11 Å². The molecule has 16 heavy (non-hydrogen) atoms. The van der Waals surface area contributed by atoms with Gasteiger partial charge in [0, 0.05) is 0 Å². The van der Waals surface area contributed by atoms with E-state index < -0.39 is 5.97 Å². The summed E-state index contributed by atoms with van der Waals surface area (Å²) in [5.41, 5.74) is 0.884. The van der Waals surface area contributed by atoms with Crippen molar-refractivity contribution in [1.29, 1.82) is 0 Å². The third kappa shape index (κ3) is 2.04. The second-order valence-electron chi connectivity index (χ2n) is 3.22. The highest BCUT2D eigenvalue weighted by Crippen LogP contribution is 2.40. The van der Waals surface area contributed by atoms with E-state index in [1.165, 1.54) is 0 Å². The molecule has 0 saturated carbocycles. The van der Waals surface area contributed by atoms with Gasteiger partial charge in [-0.1, -0.05) is 23.7 Å². The summed E-state index contributed by atoms with van der Waals surface area (Å²) in [5.74, 6) is 0.296. The molecule has 0 saturated heterocycles. The number of esters is 1. The highest BCUT2D eigenvalue weighted by molar-refractivity contribution is 14.1. The third-order valence-electron chi connectivity index (χ3n) is 2.26. The van der Waals surface area contributed by atoms with Gasteiger partial charge in [0.1, 0.15) is 10.8 Å². The van der Waals surface area contributed by atoms with Crippen molar-refractivity contribution >= 4 is 40.2 Å². The summed E-state index contributed by atoms with van der Waals surface area (Å²) in [6.45, 7) is 0. The van der Waals surface area contributed by atoms with Gasteiger partial charge in [0.15, 0.2) is 6.10 Å². The molecule has 84 valence electrons. The van der Waals surface area contributed by atoms with E-state index in [0.29, 0.717) is 0 Å². The second kappa shape index (κ2) is 4.63. The number of ether oxygens (including phenoxy) is 2. The Morgan fingerprint density at radius 3 is 2.44 bits per heavy atom. The minimum atomic E-state index is -0.466. The van der Waals surface area contributed by atoms with Crippen LogP contribution in [0.3, 0.4) is 0 Å². The average molecular weight is 351 g/mol. The van der Waals surface area contributed by atoms with Crippen LogP contribution in [0.4, 0.5) is 0 Å². The lowest BCUT2D eigenvalue weighted by atomic mass is 10.1. The van der Waals surface area contributed by atoms with Crippen LogP contribution in [0.5, 0.6) is 5.75 Å². The van der Waals surface area contributed by atoms with Crippen LogP contribution in [0.15, 0.2) is 32.9 Å². The van der Waals surface area contributed by atoms with Crippen LogP contribution in [-0.2, 0) is 9.53 Å². The SMILES string of the molecule is COc1ccc(C2OC(=O)C(Cl)=C2I)cc1. The monoisotopic (exact) mass is 350 g/mol. The molecule has 1 aliphatic rings. The molecule has 0 amide bonds. The maximum atomic E-state index is 11.2. The van der Waals surface area contributed by atoms with Crippen LogP contribution in [0, 0.1) is 0 Å². The summed E-state index contributed by atoms with van der Waals surface area (Å²) < 4.78 is 10.9. The first kappa shape index (κ1) is 11.7. The van der Waals surface area contributed by atoms with Gasteiger partial charge in [-0.05, 0) is 40.3 Å². The van der Waals surface area contributed by atoms with E-state index in [1.54, 1.807) is 7.11 Å². The predicted molar refractivity (Wildman–Crippen MR) is 68.7 cm³/mol. The lowest BCUT2D eigenvalue weighted by molar-refractivity contribution is -0.139. The standard InChI is InChI=1S/C11H8ClIO3/c1-15-7-4-2-6(3-5-7)10-9(13)8(12)11(14)16-10/h2-5,10H,1H3. The molecule has 0 radical (unpaired) electrons. The van der Waals surface area contributed by atoms with Crippen LogP contribution in [-0.4, -0.2) is 13.1 Å². The molecule has 3 nitrogen and oxygen atoms in total. The molecule has 1 aromatic carbocycles. The van der Waals surface area contributed by atoms with Gasteiger partial charge >= 0.3 is 5.97 Å². The summed E-state index contributed by atoms with van der Waals surface area (Å²) in [4.78, 5) is 11.2. The first-order valence-corrected chi connectivity index (χ1v) is 5.99. The summed E-state index contributed by atoms with van der Waals surface area (Å²) in [6, 6.07) is 7.34. The molecule has 0 aliphatic carbocycles. The molecule has 0 spiro atoms. The molecule has 1 atom stereocenters. The summed E-state index contributed by atoms with van der Waals surface area (Å²) in [6.07, 6.45) is -0.383. The van der Waals surface area contributed by atoms with Crippen molar-refractivity contribution in [2.45, 2.75) is 6.10 Å². The van der Waals surface area contributed by atoms with Crippen LogP contribution in [0.25, 0.3) is 0 Å². The normalized spacial score (nSPS) is 19.9. The van der Waals surface area contributed by atoms with Gasteiger partial charge in [-0.3, -0.25) is 0 Å². The quantitative estimate of drug-likeness (QED) is 0.607. The fourth-order valence-corrected chi connectivity index (χ4v) is 2.27. The molecule has 5 heteroatoms. The van der Waals surface area contributed by atoms with E-state index in [-0.39, 0.29) is 11.1 Å². The Morgan fingerprint density at radius 1 is 1.38 bits per heavy atom. The molecule has 1 aliphatic heterocycles. The first-order chi connectivity index (χ1) is 7.63. The average Bonchev–Trinajstić information content (AvgIpc) is 2.57.